The molecule has 30 heavy (non-hydrogen) atoms. The Hall–Kier alpha value is -4.13. The highest BCUT2D eigenvalue weighted by molar-refractivity contribution is 6.03. The molecule has 4 aromatic rings. The summed E-state index contributed by atoms with van der Waals surface area (Å²) in [6.07, 6.45) is 2.07. The summed E-state index contributed by atoms with van der Waals surface area (Å²) >= 11 is 0. The van der Waals surface area contributed by atoms with E-state index in [9.17, 15) is 9.59 Å². The Morgan fingerprint density at radius 2 is 1.70 bits per heavy atom. The Kier molecular flexibility index (Phi) is 4.40. The molecule has 0 saturated heterocycles. The maximum absolute atomic E-state index is 13.1. The van der Waals surface area contributed by atoms with E-state index in [0.29, 0.717) is 35.7 Å². The van der Waals surface area contributed by atoms with Crippen LogP contribution in [0.25, 0.3) is 16.9 Å². The number of anilines is 2. The Bertz CT molecular complexity index is 1260. The Morgan fingerprint density at radius 1 is 0.967 bits per heavy atom. The predicted molar refractivity (Wildman–Crippen MR) is 116 cm³/mol. The zero-order valence-electron chi connectivity index (χ0n) is 16.1. The van der Waals surface area contributed by atoms with Gasteiger partial charge in [-0.1, -0.05) is 36.4 Å². The summed E-state index contributed by atoms with van der Waals surface area (Å²) in [6.45, 7) is 0.345. The fourth-order valence-electron chi connectivity index (χ4n) is 3.73. The summed E-state index contributed by atoms with van der Waals surface area (Å²) in [6, 6.07) is 22.1. The number of nitrogens with one attached hydrogen (secondary N) is 2. The number of aromatic amines is 1. The molecule has 0 bridgehead atoms. The normalized spacial score (nSPS) is 12.6. The molecule has 0 unspecified atom stereocenters. The van der Waals surface area contributed by atoms with E-state index >= 15 is 0 Å². The smallest absolute Gasteiger partial charge is 0.308 e. The van der Waals surface area contributed by atoms with Gasteiger partial charge in [-0.15, -0.1) is 0 Å². The van der Waals surface area contributed by atoms with Gasteiger partial charge >= 0.3 is 6.03 Å². The van der Waals surface area contributed by atoms with E-state index in [0.717, 1.165) is 11.3 Å². The molecular formula is C23H19N5O2. The third-order valence-electron chi connectivity index (χ3n) is 5.17. The molecular weight excluding hydrogens is 378 g/mol. The highest BCUT2D eigenvalue weighted by atomic mass is 16.2. The van der Waals surface area contributed by atoms with Crippen molar-refractivity contribution in [2.45, 2.75) is 6.42 Å². The van der Waals surface area contributed by atoms with Gasteiger partial charge in [0.05, 0.1) is 11.4 Å². The summed E-state index contributed by atoms with van der Waals surface area (Å²) in [5.41, 5.74) is 3.41. The van der Waals surface area contributed by atoms with Crippen LogP contribution in [-0.4, -0.2) is 27.3 Å². The molecule has 148 valence electrons. The molecule has 7 nitrogen and oxygen atoms in total. The quantitative estimate of drug-likeness (QED) is 0.539. The average Bonchev–Trinajstić information content (AvgIpc) is 3.02. The lowest BCUT2D eigenvalue weighted by Gasteiger charge is -2.22. The van der Waals surface area contributed by atoms with Gasteiger partial charge < -0.3 is 5.32 Å². The number of rotatable bonds is 2. The fourth-order valence-corrected chi connectivity index (χ4v) is 3.73. The van der Waals surface area contributed by atoms with Crippen molar-refractivity contribution in [3.05, 3.63) is 94.9 Å². The third kappa shape index (κ3) is 3.06. The van der Waals surface area contributed by atoms with Crippen molar-refractivity contribution < 1.29 is 4.79 Å². The van der Waals surface area contributed by atoms with Gasteiger partial charge in [0.15, 0.2) is 0 Å². The topological polar surface area (TPSA) is 83.0 Å². The number of benzene rings is 2. The largest absolute Gasteiger partial charge is 0.327 e. The number of aromatic nitrogens is 3. The second-order valence-corrected chi connectivity index (χ2v) is 7.01. The van der Waals surface area contributed by atoms with Crippen molar-refractivity contribution in [3.63, 3.8) is 0 Å². The first-order chi connectivity index (χ1) is 14.7. The molecule has 0 spiro atoms. The molecule has 2 aromatic heterocycles. The number of nitrogens with zero attached hydrogens (tertiary/aromatic N) is 3. The monoisotopic (exact) mass is 397 g/mol. The van der Waals surface area contributed by atoms with E-state index in [1.807, 2.05) is 66.7 Å². The standard InChI is InChI=1S/C23H19N5O2/c29-22-19-13-15-27(23(30)25-16-8-3-1-4-9-16)21-18(12-7-14-24-21)20(19)26-28(22)17-10-5-2-6-11-17/h1-12,14,26H,13,15H2,(H,25,30). The number of hydrogen-bond acceptors (Lipinski definition) is 3. The fraction of sp³-hybridized carbons (Fsp3) is 0.0870. The molecule has 3 heterocycles. The van der Waals surface area contributed by atoms with E-state index in [4.69, 9.17) is 0 Å². The van der Waals surface area contributed by atoms with Crippen molar-refractivity contribution in [3.8, 4) is 16.9 Å². The molecule has 2 amide bonds. The van der Waals surface area contributed by atoms with Gasteiger partial charge in [-0.2, -0.15) is 0 Å². The number of hydrogen-bond donors (Lipinski definition) is 2. The Morgan fingerprint density at radius 3 is 2.47 bits per heavy atom. The molecule has 2 aromatic carbocycles. The molecule has 0 saturated carbocycles. The van der Waals surface area contributed by atoms with Crippen molar-refractivity contribution in [1.82, 2.24) is 14.8 Å². The van der Waals surface area contributed by atoms with Crippen LogP contribution in [0, 0.1) is 0 Å². The number of carbonyl (C=O) groups is 1. The van der Waals surface area contributed by atoms with Crippen LogP contribution >= 0.6 is 0 Å². The molecule has 0 aliphatic carbocycles. The van der Waals surface area contributed by atoms with E-state index in [-0.39, 0.29) is 11.6 Å². The Balaban J connectivity index is 1.57. The van der Waals surface area contributed by atoms with Crippen LogP contribution in [0.3, 0.4) is 0 Å². The number of fused-ring (bicyclic) bond motifs is 3. The first-order valence-electron chi connectivity index (χ1n) is 9.70. The van der Waals surface area contributed by atoms with Crippen LogP contribution in [-0.2, 0) is 6.42 Å². The first kappa shape index (κ1) is 17.9. The molecule has 2 N–H and O–H groups in total. The number of carbonyl (C=O) groups excluding carboxylic acids is 1. The van der Waals surface area contributed by atoms with Crippen molar-refractivity contribution in [1.29, 1.82) is 0 Å². The number of pyridine rings is 1. The molecule has 0 fully saturated rings. The van der Waals surface area contributed by atoms with Crippen molar-refractivity contribution in [2.24, 2.45) is 0 Å². The van der Waals surface area contributed by atoms with Crippen molar-refractivity contribution in [2.75, 3.05) is 16.8 Å². The second-order valence-electron chi connectivity index (χ2n) is 7.01. The highest BCUT2D eigenvalue weighted by Gasteiger charge is 2.29. The molecule has 1 aliphatic rings. The maximum Gasteiger partial charge on any atom is 0.327 e. The zero-order valence-corrected chi connectivity index (χ0v) is 16.1. The summed E-state index contributed by atoms with van der Waals surface area (Å²) in [4.78, 5) is 32.2. The molecule has 5 rings (SSSR count). The minimum atomic E-state index is -0.283. The summed E-state index contributed by atoms with van der Waals surface area (Å²) in [5, 5.41) is 6.13. The lowest BCUT2D eigenvalue weighted by molar-refractivity contribution is 0.257. The zero-order chi connectivity index (χ0) is 20.5. The minimum Gasteiger partial charge on any atom is -0.308 e. The van der Waals surface area contributed by atoms with Crippen LogP contribution in [0.5, 0.6) is 0 Å². The molecule has 1 aliphatic heterocycles. The molecule has 0 atom stereocenters. The van der Waals surface area contributed by atoms with Crippen LogP contribution < -0.4 is 15.8 Å². The second kappa shape index (κ2) is 7.36. The van der Waals surface area contributed by atoms with Crippen LogP contribution in [0.2, 0.25) is 0 Å². The highest BCUT2D eigenvalue weighted by Crippen LogP contribution is 2.33. The summed E-state index contributed by atoms with van der Waals surface area (Å²) < 4.78 is 1.54. The van der Waals surface area contributed by atoms with Gasteiger partial charge in [-0.25, -0.2) is 14.5 Å². The summed E-state index contributed by atoms with van der Waals surface area (Å²) in [5.74, 6) is 0.520. The number of amides is 2. The van der Waals surface area contributed by atoms with Gasteiger partial charge in [0.1, 0.15) is 5.82 Å². The van der Waals surface area contributed by atoms with E-state index in [1.54, 1.807) is 21.8 Å². The molecule has 7 heteroatoms. The van der Waals surface area contributed by atoms with Gasteiger partial charge in [0, 0.05) is 29.6 Å². The van der Waals surface area contributed by atoms with Crippen LogP contribution in [0.1, 0.15) is 5.56 Å². The number of H-pyrrole nitrogens is 1. The maximum atomic E-state index is 13.1. The van der Waals surface area contributed by atoms with Crippen LogP contribution in [0.15, 0.2) is 83.8 Å². The predicted octanol–water partition coefficient (Wildman–Crippen LogP) is 3.82. The molecule has 0 radical (unpaired) electrons. The van der Waals surface area contributed by atoms with Gasteiger partial charge in [0.25, 0.3) is 5.56 Å². The summed E-state index contributed by atoms with van der Waals surface area (Å²) in [7, 11) is 0. The van der Waals surface area contributed by atoms with Crippen molar-refractivity contribution >= 4 is 17.5 Å². The minimum absolute atomic E-state index is 0.115. The third-order valence-corrected chi connectivity index (χ3v) is 5.17. The number of para-hydroxylation sites is 2. The van der Waals surface area contributed by atoms with Gasteiger partial charge in [0.2, 0.25) is 0 Å². The Labute approximate surface area is 172 Å². The van der Waals surface area contributed by atoms with Gasteiger partial charge in [-0.3, -0.25) is 14.8 Å². The lowest BCUT2D eigenvalue weighted by atomic mass is 10.1. The van der Waals surface area contributed by atoms with E-state index in [2.05, 4.69) is 15.4 Å². The van der Waals surface area contributed by atoms with Crippen LogP contribution in [0.4, 0.5) is 16.3 Å². The SMILES string of the molecule is O=C(Nc1ccccc1)N1CCc2c([nH]n(-c3ccccc3)c2=O)-c2cccnc21. The first-order valence-corrected chi connectivity index (χ1v) is 9.70. The number of urea groups is 1. The average molecular weight is 397 g/mol. The lowest BCUT2D eigenvalue weighted by Crippen LogP contribution is -2.37. The van der Waals surface area contributed by atoms with E-state index in [1.165, 1.54) is 0 Å². The van der Waals surface area contributed by atoms with Gasteiger partial charge in [-0.05, 0) is 42.8 Å². The van der Waals surface area contributed by atoms with E-state index < -0.39 is 0 Å².